The first-order valence-electron chi connectivity index (χ1n) is 9.71. The molecule has 0 saturated carbocycles. The van der Waals surface area contributed by atoms with Gasteiger partial charge in [0.25, 0.3) is 0 Å². The second-order valence-corrected chi connectivity index (χ2v) is 9.21. The van der Waals surface area contributed by atoms with Gasteiger partial charge in [0.15, 0.2) is 5.75 Å². The molecule has 0 aromatic heterocycles. The fraction of sp³-hybridized carbons (Fsp3) is 0.478. The molecule has 29 heavy (non-hydrogen) atoms. The molecule has 0 saturated heterocycles. The van der Waals surface area contributed by atoms with Crippen molar-refractivity contribution in [2.75, 3.05) is 25.7 Å². The minimum atomic E-state index is -0.313. The van der Waals surface area contributed by atoms with Crippen LogP contribution in [0.2, 0.25) is 10.0 Å². The third-order valence-corrected chi connectivity index (χ3v) is 6.01. The van der Waals surface area contributed by atoms with Gasteiger partial charge in [-0.15, -0.1) is 11.6 Å². The summed E-state index contributed by atoms with van der Waals surface area (Å²) < 4.78 is 11.5. The Hall–Kier alpha value is -1.13. The summed E-state index contributed by atoms with van der Waals surface area (Å²) in [4.78, 5) is 0. The first-order chi connectivity index (χ1) is 13.7. The normalized spacial score (nSPS) is 13.8. The van der Waals surface area contributed by atoms with Crippen LogP contribution in [0.15, 0.2) is 36.4 Å². The maximum Gasteiger partial charge on any atom is 0.156 e. The van der Waals surface area contributed by atoms with E-state index in [4.69, 9.17) is 49.4 Å². The molecule has 0 radical (unpaired) electrons. The summed E-state index contributed by atoms with van der Waals surface area (Å²) in [6.45, 7) is 9.23. The van der Waals surface area contributed by atoms with Crippen LogP contribution < -0.4 is 9.47 Å². The molecule has 6 heteroatoms. The topological polar surface area (TPSA) is 38.7 Å². The Morgan fingerprint density at radius 1 is 0.897 bits per heavy atom. The first kappa shape index (κ1) is 24.1. The monoisotopic (exact) mass is 458 g/mol. The second-order valence-electron chi connectivity index (χ2n) is 8.09. The van der Waals surface area contributed by atoms with Crippen LogP contribution in [0.25, 0.3) is 0 Å². The molecule has 0 bridgehead atoms. The van der Waals surface area contributed by atoms with Crippen molar-refractivity contribution in [1.82, 2.24) is 0 Å². The van der Waals surface area contributed by atoms with E-state index in [1.165, 1.54) is 0 Å². The number of halogens is 3. The number of hydrogen-bond donors (Lipinski definition) is 1. The first-order valence-corrected chi connectivity index (χ1v) is 11.0. The molecule has 0 aliphatic heterocycles. The highest BCUT2D eigenvalue weighted by atomic mass is 35.5. The third kappa shape index (κ3) is 6.42. The Labute approximate surface area is 188 Å². The average molecular weight is 460 g/mol. The van der Waals surface area contributed by atoms with E-state index in [0.29, 0.717) is 34.9 Å². The summed E-state index contributed by atoms with van der Waals surface area (Å²) in [5.41, 5.74) is 1.79. The van der Waals surface area contributed by atoms with Crippen LogP contribution in [0.5, 0.6) is 11.5 Å². The Morgan fingerprint density at radius 2 is 1.45 bits per heavy atom. The Bertz CT molecular complexity index is 767. The van der Waals surface area contributed by atoms with Gasteiger partial charge in [0.2, 0.25) is 0 Å². The summed E-state index contributed by atoms with van der Waals surface area (Å²) >= 11 is 18.8. The summed E-state index contributed by atoms with van der Waals surface area (Å²) in [7, 11) is 0. The molecule has 2 atom stereocenters. The maximum absolute atomic E-state index is 9.11. The lowest BCUT2D eigenvalue weighted by Crippen LogP contribution is -2.19. The molecular formula is C23H29Cl3O3. The van der Waals surface area contributed by atoms with Gasteiger partial charge in [-0.05, 0) is 35.4 Å². The molecule has 160 valence electrons. The largest absolute Gasteiger partial charge is 0.493 e. The number of hydrogen-bond acceptors (Lipinski definition) is 3. The number of ether oxygens (including phenoxy) is 2. The molecular weight excluding hydrogens is 431 g/mol. The van der Waals surface area contributed by atoms with Crippen LogP contribution in [0.1, 0.15) is 38.8 Å². The quantitative estimate of drug-likeness (QED) is 0.408. The molecule has 0 heterocycles. The number of aliphatic hydroxyl groups excluding tert-OH is 1. The minimum Gasteiger partial charge on any atom is -0.493 e. The van der Waals surface area contributed by atoms with Crippen LogP contribution >= 0.6 is 34.8 Å². The van der Waals surface area contributed by atoms with Gasteiger partial charge in [0, 0.05) is 29.7 Å². The second kappa shape index (κ2) is 10.8. The zero-order valence-corrected chi connectivity index (χ0v) is 19.6. The van der Waals surface area contributed by atoms with E-state index in [2.05, 4.69) is 13.8 Å². The van der Waals surface area contributed by atoms with Crippen molar-refractivity contribution in [3.63, 3.8) is 0 Å². The van der Waals surface area contributed by atoms with E-state index in [9.17, 15) is 0 Å². The van der Waals surface area contributed by atoms with Crippen LogP contribution in [-0.2, 0) is 5.41 Å². The average Bonchev–Trinajstić information content (AvgIpc) is 2.71. The molecule has 0 fully saturated rings. The van der Waals surface area contributed by atoms with Crippen molar-refractivity contribution in [2.45, 2.75) is 33.1 Å². The lowest BCUT2D eigenvalue weighted by Gasteiger charge is -2.27. The lowest BCUT2D eigenvalue weighted by molar-refractivity contribution is 0.174. The zero-order valence-electron chi connectivity index (χ0n) is 17.3. The maximum atomic E-state index is 9.11. The number of benzene rings is 2. The van der Waals surface area contributed by atoms with Gasteiger partial charge in [-0.3, -0.25) is 0 Å². The van der Waals surface area contributed by atoms with Gasteiger partial charge in [0.1, 0.15) is 5.75 Å². The molecule has 0 aliphatic carbocycles. The smallest absolute Gasteiger partial charge is 0.156 e. The predicted octanol–water partition coefficient (Wildman–Crippen LogP) is 6.58. The molecule has 0 spiro atoms. The van der Waals surface area contributed by atoms with E-state index in [1.54, 1.807) is 0 Å². The Kier molecular flexibility index (Phi) is 8.96. The molecule has 3 nitrogen and oxygen atoms in total. The highest BCUT2D eigenvalue weighted by Crippen LogP contribution is 2.40. The number of rotatable bonds is 10. The Balaban J connectivity index is 2.19. The number of alkyl halides is 1. The summed E-state index contributed by atoms with van der Waals surface area (Å²) in [5.74, 6) is 2.09. The van der Waals surface area contributed by atoms with Gasteiger partial charge in [-0.2, -0.15) is 0 Å². The molecule has 0 amide bonds. The molecule has 0 aliphatic rings. The summed E-state index contributed by atoms with van der Waals surface area (Å²) in [6, 6.07) is 11.8. The van der Waals surface area contributed by atoms with Gasteiger partial charge < -0.3 is 14.6 Å². The zero-order chi connectivity index (χ0) is 21.6. The van der Waals surface area contributed by atoms with Crippen molar-refractivity contribution < 1.29 is 14.6 Å². The summed E-state index contributed by atoms with van der Waals surface area (Å²) in [6.07, 6.45) is 0. The molecule has 2 aromatic carbocycles. The predicted molar refractivity (Wildman–Crippen MR) is 122 cm³/mol. The van der Waals surface area contributed by atoms with Crippen LogP contribution in [0.3, 0.4) is 0 Å². The van der Waals surface area contributed by atoms with E-state index in [0.717, 1.165) is 16.9 Å². The SMILES string of the molecule is CC(CO)COc1ccc(C(C)(C)c2cc(Cl)c(OCC(C)CCl)c(Cl)c2)cc1. The van der Waals surface area contributed by atoms with Gasteiger partial charge in [-0.25, -0.2) is 0 Å². The molecule has 2 rings (SSSR count). The fourth-order valence-corrected chi connectivity index (χ4v) is 3.44. The Morgan fingerprint density at radius 3 is 1.97 bits per heavy atom. The molecule has 1 N–H and O–H groups in total. The molecule has 2 aromatic rings. The number of aliphatic hydroxyl groups is 1. The van der Waals surface area contributed by atoms with Crippen LogP contribution in [-0.4, -0.2) is 30.8 Å². The van der Waals surface area contributed by atoms with Gasteiger partial charge in [0.05, 0.1) is 23.3 Å². The van der Waals surface area contributed by atoms with Crippen LogP contribution in [0, 0.1) is 11.8 Å². The summed E-state index contributed by atoms with van der Waals surface area (Å²) in [5, 5.41) is 10.1. The molecule has 2 unspecified atom stereocenters. The highest BCUT2D eigenvalue weighted by molar-refractivity contribution is 6.37. The minimum absolute atomic E-state index is 0.101. The van der Waals surface area contributed by atoms with Crippen molar-refractivity contribution in [1.29, 1.82) is 0 Å². The van der Waals surface area contributed by atoms with Crippen molar-refractivity contribution >= 4 is 34.8 Å². The fourth-order valence-electron chi connectivity index (χ4n) is 2.75. The van der Waals surface area contributed by atoms with E-state index in [1.807, 2.05) is 50.2 Å². The highest BCUT2D eigenvalue weighted by Gasteiger charge is 2.26. The van der Waals surface area contributed by atoms with Crippen molar-refractivity contribution in [3.8, 4) is 11.5 Å². The van der Waals surface area contributed by atoms with Gasteiger partial charge >= 0.3 is 0 Å². The van der Waals surface area contributed by atoms with E-state index in [-0.39, 0.29) is 23.9 Å². The lowest BCUT2D eigenvalue weighted by atomic mass is 9.78. The van der Waals surface area contributed by atoms with E-state index < -0.39 is 0 Å². The van der Waals surface area contributed by atoms with E-state index >= 15 is 0 Å². The van der Waals surface area contributed by atoms with Crippen molar-refractivity contribution in [3.05, 3.63) is 57.6 Å². The van der Waals surface area contributed by atoms with Crippen molar-refractivity contribution in [2.24, 2.45) is 11.8 Å². The van der Waals surface area contributed by atoms with Gasteiger partial charge in [-0.1, -0.05) is 63.0 Å². The van der Waals surface area contributed by atoms with Crippen LogP contribution in [0.4, 0.5) is 0 Å². The standard InChI is InChI=1S/C23H29Cl3O3/c1-15(11-24)13-29-22-20(25)9-18(10-21(22)26)23(3,4)17-5-7-19(8-6-17)28-14-16(2)12-27/h5-10,15-16,27H,11-14H2,1-4H3. The third-order valence-electron chi connectivity index (χ3n) is 4.92.